The molecule has 1 heterocycles. The summed E-state index contributed by atoms with van der Waals surface area (Å²) in [6, 6.07) is 9.49. The Labute approximate surface area is 184 Å². The fourth-order valence-electron chi connectivity index (χ4n) is 7.02. The quantitative estimate of drug-likeness (QED) is 0.708. The van der Waals surface area contributed by atoms with Gasteiger partial charge in [-0.15, -0.1) is 0 Å². The highest BCUT2D eigenvalue weighted by Gasteiger charge is 2.54. The van der Waals surface area contributed by atoms with Crippen molar-refractivity contribution in [3.05, 3.63) is 35.9 Å². The molecule has 1 aliphatic heterocycles. The zero-order chi connectivity index (χ0) is 21.4. The first-order valence-electron chi connectivity index (χ1n) is 11.9. The van der Waals surface area contributed by atoms with Gasteiger partial charge in [-0.2, -0.15) is 0 Å². The molecule has 4 saturated carbocycles. The number of carbonyl (C=O) groups is 3. The fourth-order valence-corrected chi connectivity index (χ4v) is 7.02. The molecule has 1 aromatic rings. The van der Waals surface area contributed by atoms with Crippen molar-refractivity contribution in [2.75, 3.05) is 19.6 Å². The first kappa shape index (κ1) is 20.5. The van der Waals surface area contributed by atoms with Crippen LogP contribution < -0.4 is 10.6 Å². The Morgan fingerprint density at radius 1 is 1.03 bits per heavy atom. The van der Waals surface area contributed by atoms with Gasteiger partial charge in [0.15, 0.2) is 0 Å². The van der Waals surface area contributed by atoms with Crippen molar-refractivity contribution >= 4 is 17.7 Å². The van der Waals surface area contributed by atoms with Crippen LogP contribution in [0, 0.1) is 23.2 Å². The van der Waals surface area contributed by atoms with Gasteiger partial charge in [0, 0.05) is 24.9 Å². The first-order chi connectivity index (χ1) is 15.0. The van der Waals surface area contributed by atoms with Crippen molar-refractivity contribution in [2.45, 2.75) is 57.4 Å². The average Bonchev–Trinajstić information content (AvgIpc) is 3.15. The molecule has 0 aromatic heterocycles. The Hall–Kier alpha value is -2.37. The summed E-state index contributed by atoms with van der Waals surface area (Å²) in [6.45, 7) is 1.20. The molecule has 1 saturated heterocycles. The predicted octanol–water partition coefficient (Wildman–Crippen LogP) is 2.80. The maximum Gasteiger partial charge on any atom is 0.239 e. The normalized spacial score (nSPS) is 32.2. The monoisotopic (exact) mass is 423 g/mol. The van der Waals surface area contributed by atoms with Crippen molar-refractivity contribution in [3.8, 4) is 0 Å². The number of likely N-dealkylation sites (tertiary alicyclic amines) is 1. The van der Waals surface area contributed by atoms with Crippen LogP contribution in [0.25, 0.3) is 0 Å². The number of amides is 3. The summed E-state index contributed by atoms with van der Waals surface area (Å²) in [5.74, 6) is 2.13. The molecule has 0 radical (unpaired) electrons. The van der Waals surface area contributed by atoms with E-state index in [9.17, 15) is 14.4 Å². The molecule has 6 heteroatoms. The molecular weight excluding hydrogens is 390 g/mol. The number of nitrogens with one attached hydrogen (secondary N) is 2. The molecule has 166 valence electrons. The van der Waals surface area contributed by atoms with E-state index >= 15 is 0 Å². The van der Waals surface area contributed by atoms with Crippen LogP contribution in [0.3, 0.4) is 0 Å². The smallest absolute Gasteiger partial charge is 0.239 e. The van der Waals surface area contributed by atoms with E-state index in [1.807, 2.05) is 35.2 Å². The SMILES string of the molecule is O=C(CNC(=O)C12CC3CC(CC(C3)C1)C2)NC(CN1CCCC1=O)c1ccccc1. The number of benzene rings is 1. The number of nitrogens with zero attached hydrogens (tertiary/aromatic N) is 1. The van der Waals surface area contributed by atoms with Gasteiger partial charge < -0.3 is 15.5 Å². The minimum Gasteiger partial charge on any atom is -0.347 e. The van der Waals surface area contributed by atoms with Gasteiger partial charge in [-0.25, -0.2) is 0 Å². The van der Waals surface area contributed by atoms with Gasteiger partial charge in [-0.3, -0.25) is 14.4 Å². The lowest BCUT2D eigenvalue weighted by Crippen LogP contribution is -2.54. The number of rotatable bonds is 7. The molecule has 1 atom stereocenters. The van der Waals surface area contributed by atoms with Crippen LogP contribution in [0.2, 0.25) is 0 Å². The molecule has 6 nitrogen and oxygen atoms in total. The van der Waals surface area contributed by atoms with E-state index in [0.29, 0.717) is 30.7 Å². The van der Waals surface area contributed by atoms with Gasteiger partial charge in [-0.1, -0.05) is 30.3 Å². The molecule has 5 aliphatic rings. The Morgan fingerprint density at radius 3 is 2.26 bits per heavy atom. The Morgan fingerprint density at radius 2 is 1.68 bits per heavy atom. The largest absolute Gasteiger partial charge is 0.347 e. The summed E-state index contributed by atoms with van der Waals surface area (Å²) >= 11 is 0. The number of hydrogen-bond donors (Lipinski definition) is 2. The average molecular weight is 424 g/mol. The molecule has 3 amide bonds. The van der Waals surface area contributed by atoms with Crippen LogP contribution in [0.4, 0.5) is 0 Å². The lowest BCUT2D eigenvalue weighted by atomic mass is 9.49. The maximum absolute atomic E-state index is 13.1. The highest BCUT2D eigenvalue weighted by Crippen LogP contribution is 2.60. The minimum absolute atomic E-state index is 0.00212. The van der Waals surface area contributed by atoms with E-state index in [1.54, 1.807) is 0 Å². The van der Waals surface area contributed by atoms with Gasteiger partial charge in [0.2, 0.25) is 17.7 Å². The fraction of sp³-hybridized carbons (Fsp3) is 0.640. The predicted molar refractivity (Wildman–Crippen MR) is 117 cm³/mol. The summed E-state index contributed by atoms with van der Waals surface area (Å²) in [5, 5.41) is 6.03. The second-order valence-corrected chi connectivity index (χ2v) is 10.4. The van der Waals surface area contributed by atoms with E-state index in [1.165, 1.54) is 19.3 Å². The molecule has 0 spiro atoms. The van der Waals surface area contributed by atoms with Crippen LogP contribution >= 0.6 is 0 Å². The summed E-state index contributed by atoms with van der Waals surface area (Å²) in [6.07, 6.45) is 8.32. The molecule has 1 unspecified atom stereocenters. The van der Waals surface area contributed by atoms with Gasteiger partial charge in [0.1, 0.15) is 0 Å². The Kier molecular flexibility index (Phi) is 5.49. The second-order valence-electron chi connectivity index (χ2n) is 10.4. The van der Waals surface area contributed by atoms with Crippen molar-refractivity contribution in [1.82, 2.24) is 15.5 Å². The van der Waals surface area contributed by atoms with Crippen LogP contribution in [0.15, 0.2) is 30.3 Å². The zero-order valence-electron chi connectivity index (χ0n) is 18.1. The van der Waals surface area contributed by atoms with E-state index in [-0.39, 0.29) is 35.7 Å². The van der Waals surface area contributed by atoms with E-state index < -0.39 is 0 Å². The maximum atomic E-state index is 13.1. The zero-order valence-corrected chi connectivity index (χ0v) is 18.1. The van der Waals surface area contributed by atoms with Gasteiger partial charge in [0.05, 0.1) is 12.6 Å². The van der Waals surface area contributed by atoms with Gasteiger partial charge in [0.25, 0.3) is 0 Å². The Balaban J connectivity index is 1.20. The van der Waals surface area contributed by atoms with Crippen molar-refractivity contribution in [3.63, 3.8) is 0 Å². The first-order valence-corrected chi connectivity index (χ1v) is 11.9. The third kappa shape index (κ3) is 4.21. The molecule has 31 heavy (non-hydrogen) atoms. The van der Waals surface area contributed by atoms with E-state index in [4.69, 9.17) is 0 Å². The Bertz CT molecular complexity index is 818. The highest BCUT2D eigenvalue weighted by molar-refractivity contribution is 5.88. The van der Waals surface area contributed by atoms with Gasteiger partial charge >= 0.3 is 0 Å². The van der Waals surface area contributed by atoms with Crippen molar-refractivity contribution in [2.24, 2.45) is 23.2 Å². The highest BCUT2D eigenvalue weighted by atomic mass is 16.2. The third-order valence-corrected chi connectivity index (χ3v) is 8.04. The van der Waals surface area contributed by atoms with Crippen molar-refractivity contribution < 1.29 is 14.4 Å². The molecular formula is C25H33N3O3. The third-order valence-electron chi connectivity index (χ3n) is 8.04. The molecule has 5 fully saturated rings. The summed E-state index contributed by atoms with van der Waals surface area (Å²) in [5.41, 5.74) is 0.735. The topological polar surface area (TPSA) is 78.5 Å². The lowest BCUT2D eigenvalue weighted by Gasteiger charge is -2.55. The van der Waals surface area contributed by atoms with Crippen LogP contribution in [-0.4, -0.2) is 42.3 Å². The standard InChI is InChI=1S/C25H33N3O3/c29-22(15-26-24(31)25-12-17-9-18(13-25)11-19(10-17)14-25)27-21(20-5-2-1-3-6-20)16-28-8-4-7-23(28)30/h1-3,5-6,17-19,21H,4,7-16H2,(H,26,31)(H,27,29). The summed E-state index contributed by atoms with van der Waals surface area (Å²) in [7, 11) is 0. The van der Waals surface area contributed by atoms with Gasteiger partial charge in [-0.05, 0) is 68.3 Å². The van der Waals surface area contributed by atoms with Crippen LogP contribution in [-0.2, 0) is 14.4 Å². The van der Waals surface area contributed by atoms with Crippen LogP contribution in [0.1, 0.15) is 63.0 Å². The molecule has 2 N–H and O–H groups in total. The van der Waals surface area contributed by atoms with E-state index in [0.717, 1.165) is 37.8 Å². The molecule has 4 bridgehead atoms. The molecule has 4 aliphatic carbocycles. The summed E-state index contributed by atoms with van der Waals surface area (Å²) < 4.78 is 0. The summed E-state index contributed by atoms with van der Waals surface area (Å²) in [4.78, 5) is 39.8. The van der Waals surface area contributed by atoms with Crippen molar-refractivity contribution in [1.29, 1.82) is 0 Å². The molecule has 1 aromatic carbocycles. The minimum atomic E-state index is -0.271. The second kappa shape index (κ2) is 8.29. The van der Waals surface area contributed by atoms with E-state index in [2.05, 4.69) is 10.6 Å². The number of carbonyl (C=O) groups excluding carboxylic acids is 3. The number of hydrogen-bond acceptors (Lipinski definition) is 3. The lowest BCUT2D eigenvalue weighted by molar-refractivity contribution is -0.147. The molecule has 6 rings (SSSR count). The van der Waals surface area contributed by atoms with Crippen LogP contribution in [0.5, 0.6) is 0 Å².